The maximum absolute atomic E-state index is 9.06. The van der Waals surface area contributed by atoms with Crippen molar-refractivity contribution in [1.29, 1.82) is 5.26 Å². The lowest BCUT2D eigenvalue weighted by molar-refractivity contribution is 0.0300. The fourth-order valence-corrected chi connectivity index (χ4v) is 2.28. The van der Waals surface area contributed by atoms with Crippen molar-refractivity contribution in [2.45, 2.75) is 19.8 Å². The van der Waals surface area contributed by atoms with Crippen molar-refractivity contribution in [2.75, 3.05) is 25.1 Å². The smallest absolute Gasteiger partial charge is 0.101 e. The number of nitrogens with one attached hydrogen (secondary N) is 1. The molecule has 0 radical (unpaired) electrons. The Morgan fingerprint density at radius 1 is 1.44 bits per heavy atom. The minimum Gasteiger partial charge on any atom is -0.383 e. The molecule has 1 aliphatic heterocycles. The molecule has 0 bridgehead atoms. The summed E-state index contributed by atoms with van der Waals surface area (Å²) in [6, 6.07) is 7.47. The Morgan fingerprint density at radius 2 is 2.17 bits per heavy atom. The van der Waals surface area contributed by atoms with E-state index in [0.717, 1.165) is 38.3 Å². The van der Waals surface area contributed by atoms with Crippen LogP contribution in [-0.4, -0.2) is 19.8 Å². The van der Waals surface area contributed by atoms with Crippen molar-refractivity contribution < 1.29 is 4.74 Å². The van der Waals surface area contributed by atoms with Crippen LogP contribution in [0.1, 0.15) is 25.3 Å². The number of nitriles is 1. The number of nitrogens with zero attached hydrogens (tertiary/aromatic N) is 1. The Labute approximate surface area is 113 Å². The summed E-state index contributed by atoms with van der Waals surface area (Å²) in [7, 11) is 0. The van der Waals surface area contributed by atoms with Gasteiger partial charge in [-0.1, -0.05) is 18.5 Å². The molecule has 0 amide bonds. The molecule has 3 nitrogen and oxygen atoms in total. The number of hydrogen-bond donors (Lipinski definition) is 1. The fraction of sp³-hybridized carbons (Fsp3) is 0.500. The summed E-state index contributed by atoms with van der Waals surface area (Å²) < 4.78 is 5.38. The van der Waals surface area contributed by atoms with E-state index in [0.29, 0.717) is 10.6 Å². The predicted octanol–water partition coefficient (Wildman–Crippen LogP) is 3.44. The lowest BCUT2D eigenvalue weighted by Gasteiger charge is -2.34. The van der Waals surface area contributed by atoms with Crippen molar-refractivity contribution in [3.8, 4) is 6.07 Å². The molecule has 1 saturated heterocycles. The zero-order chi connectivity index (χ0) is 13.0. The third-order valence-corrected chi connectivity index (χ3v) is 3.74. The third kappa shape index (κ3) is 3.16. The number of anilines is 1. The highest BCUT2D eigenvalue weighted by Crippen LogP contribution is 2.31. The molecule has 1 fully saturated rings. The first kappa shape index (κ1) is 13.2. The molecule has 0 atom stereocenters. The molecule has 0 aliphatic carbocycles. The SMILES string of the molecule is CC1(CNc2cc(Cl)ccc2C#N)CCOCC1. The maximum Gasteiger partial charge on any atom is 0.101 e. The third-order valence-electron chi connectivity index (χ3n) is 3.51. The van der Waals surface area contributed by atoms with Crippen LogP contribution in [0.25, 0.3) is 0 Å². The second-order valence-electron chi connectivity index (χ2n) is 5.08. The maximum atomic E-state index is 9.06. The van der Waals surface area contributed by atoms with Crippen LogP contribution in [0, 0.1) is 16.7 Å². The Morgan fingerprint density at radius 3 is 2.83 bits per heavy atom. The van der Waals surface area contributed by atoms with Crippen LogP contribution in [0.5, 0.6) is 0 Å². The molecule has 0 spiro atoms. The van der Waals surface area contributed by atoms with Crippen molar-refractivity contribution >= 4 is 17.3 Å². The normalized spacial score (nSPS) is 18.1. The highest BCUT2D eigenvalue weighted by molar-refractivity contribution is 6.30. The molecule has 1 N–H and O–H groups in total. The molecule has 2 rings (SSSR count). The Kier molecular flexibility index (Phi) is 4.11. The Hall–Kier alpha value is -1.24. The van der Waals surface area contributed by atoms with Gasteiger partial charge in [0.05, 0.1) is 11.3 Å². The van der Waals surface area contributed by atoms with E-state index in [9.17, 15) is 0 Å². The summed E-state index contributed by atoms with van der Waals surface area (Å²) in [6.45, 7) is 4.72. The minimum atomic E-state index is 0.229. The van der Waals surface area contributed by atoms with E-state index in [4.69, 9.17) is 21.6 Å². The van der Waals surface area contributed by atoms with Crippen LogP contribution in [0.2, 0.25) is 5.02 Å². The van der Waals surface area contributed by atoms with Gasteiger partial charge in [0.1, 0.15) is 6.07 Å². The summed E-state index contributed by atoms with van der Waals surface area (Å²) in [5.74, 6) is 0. The quantitative estimate of drug-likeness (QED) is 0.910. The fourth-order valence-electron chi connectivity index (χ4n) is 2.11. The van der Waals surface area contributed by atoms with Gasteiger partial charge < -0.3 is 10.1 Å². The molecule has 1 aromatic carbocycles. The van der Waals surface area contributed by atoms with E-state index in [1.165, 1.54) is 0 Å². The second kappa shape index (κ2) is 5.60. The van der Waals surface area contributed by atoms with E-state index in [1.54, 1.807) is 12.1 Å². The predicted molar refractivity (Wildman–Crippen MR) is 72.8 cm³/mol. The Bertz CT molecular complexity index is 461. The summed E-state index contributed by atoms with van der Waals surface area (Å²) in [5, 5.41) is 13.1. The van der Waals surface area contributed by atoms with Gasteiger partial charge in [-0.15, -0.1) is 0 Å². The van der Waals surface area contributed by atoms with Gasteiger partial charge in [0, 0.05) is 24.8 Å². The highest BCUT2D eigenvalue weighted by Gasteiger charge is 2.27. The van der Waals surface area contributed by atoms with E-state index in [1.807, 2.05) is 6.07 Å². The van der Waals surface area contributed by atoms with E-state index in [2.05, 4.69) is 18.3 Å². The van der Waals surface area contributed by atoms with Gasteiger partial charge in [-0.2, -0.15) is 5.26 Å². The number of benzene rings is 1. The molecule has 1 aliphatic rings. The van der Waals surface area contributed by atoms with Crippen LogP contribution < -0.4 is 5.32 Å². The highest BCUT2D eigenvalue weighted by atomic mass is 35.5. The van der Waals surface area contributed by atoms with Crippen molar-refractivity contribution in [1.82, 2.24) is 0 Å². The topological polar surface area (TPSA) is 45.0 Å². The van der Waals surface area contributed by atoms with Gasteiger partial charge in [-0.25, -0.2) is 0 Å². The molecule has 4 heteroatoms. The van der Waals surface area contributed by atoms with Crippen LogP contribution in [-0.2, 0) is 4.74 Å². The average molecular weight is 265 g/mol. The van der Waals surface area contributed by atoms with E-state index in [-0.39, 0.29) is 5.41 Å². The van der Waals surface area contributed by atoms with Gasteiger partial charge in [0.25, 0.3) is 0 Å². The molecule has 0 aromatic heterocycles. The number of hydrogen-bond acceptors (Lipinski definition) is 3. The van der Waals surface area contributed by atoms with Crippen LogP contribution in [0.3, 0.4) is 0 Å². The van der Waals surface area contributed by atoms with Gasteiger partial charge in [-0.3, -0.25) is 0 Å². The first-order valence-corrected chi connectivity index (χ1v) is 6.52. The van der Waals surface area contributed by atoms with Gasteiger partial charge in [-0.05, 0) is 36.5 Å². The lowest BCUT2D eigenvalue weighted by atomic mass is 9.82. The van der Waals surface area contributed by atoms with Crippen LogP contribution in [0.15, 0.2) is 18.2 Å². The van der Waals surface area contributed by atoms with Crippen LogP contribution >= 0.6 is 11.6 Å². The number of halogens is 1. The standard InChI is InChI=1S/C14H17ClN2O/c1-14(4-6-18-7-5-14)10-17-13-8-12(15)3-2-11(13)9-16/h2-3,8,17H,4-7,10H2,1H3. The van der Waals surface area contributed by atoms with Crippen molar-refractivity contribution in [3.05, 3.63) is 28.8 Å². The van der Waals surface area contributed by atoms with Gasteiger partial charge >= 0.3 is 0 Å². The van der Waals surface area contributed by atoms with Crippen molar-refractivity contribution in [2.24, 2.45) is 5.41 Å². The monoisotopic (exact) mass is 264 g/mol. The van der Waals surface area contributed by atoms with Crippen molar-refractivity contribution in [3.63, 3.8) is 0 Å². The average Bonchev–Trinajstić information content (AvgIpc) is 2.38. The molecule has 0 saturated carbocycles. The molecule has 96 valence electrons. The zero-order valence-electron chi connectivity index (χ0n) is 10.5. The van der Waals surface area contributed by atoms with E-state index >= 15 is 0 Å². The zero-order valence-corrected chi connectivity index (χ0v) is 11.3. The first-order chi connectivity index (χ1) is 8.63. The minimum absolute atomic E-state index is 0.229. The molecule has 1 heterocycles. The summed E-state index contributed by atoms with van der Waals surface area (Å²) in [5.41, 5.74) is 1.68. The summed E-state index contributed by atoms with van der Waals surface area (Å²) >= 11 is 5.96. The second-order valence-corrected chi connectivity index (χ2v) is 5.51. The molecule has 0 unspecified atom stereocenters. The molecule has 18 heavy (non-hydrogen) atoms. The summed E-state index contributed by atoms with van der Waals surface area (Å²) in [6.07, 6.45) is 2.09. The lowest BCUT2D eigenvalue weighted by Crippen LogP contribution is -2.33. The van der Waals surface area contributed by atoms with E-state index < -0.39 is 0 Å². The molecule has 1 aromatic rings. The number of ether oxygens (including phenoxy) is 1. The molecular formula is C14H17ClN2O. The van der Waals surface area contributed by atoms with Crippen LogP contribution in [0.4, 0.5) is 5.69 Å². The molecular weight excluding hydrogens is 248 g/mol. The largest absolute Gasteiger partial charge is 0.383 e. The Balaban J connectivity index is 2.05. The summed E-state index contributed by atoms with van der Waals surface area (Å²) in [4.78, 5) is 0. The first-order valence-electron chi connectivity index (χ1n) is 6.14. The van der Waals surface area contributed by atoms with Gasteiger partial charge in [0.2, 0.25) is 0 Å². The van der Waals surface area contributed by atoms with Gasteiger partial charge in [0.15, 0.2) is 0 Å². The number of rotatable bonds is 3.